The van der Waals surface area contributed by atoms with Crippen LogP contribution in [0.15, 0.2) is 30.3 Å². The highest BCUT2D eigenvalue weighted by Crippen LogP contribution is 2.39. The van der Waals surface area contributed by atoms with Crippen molar-refractivity contribution in [1.82, 2.24) is 14.7 Å². The molecular formula is C18H21N3O3. The fourth-order valence-corrected chi connectivity index (χ4v) is 4.17. The van der Waals surface area contributed by atoms with E-state index < -0.39 is 11.6 Å². The fourth-order valence-electron chi connectivity index (χ4n) is 4.17. The molecule has 4 rings (SSSR count). The van der Waals surface area contributed by atoms with E-state index in [9.17, 15) is 14.4 Å². The number of likely N-dealkylation sites (tertiary alicyclic amines) is 1. The van der Waals surface area contributed by atoms with Crippen molar-refractivity contribution in [2.24, 2.45) is 0 Å². The van der Waals surface area contributed by atoms with Gasteiger partial charge < -0.3 is 9.80 Å². The molecule has 2 atom stereocenters. The van der Waals surface area contributed by atoms with Gasteiger partial charge in [-0.05, 0) is 31.7 Å². The van der Waals surface area contributed by atoms with Crippen molar-refractivity contribution >= 4 is 17.8 Å². The molecule has 0 saturated carbocycles. The van der Waals surface area contributed by atoms with Crippen LogP contribution in [-0.4, -0.2) is 57.2 Å². The number of amides is 4. The van der Waals surface area contributed by atoms with Crippen LogP contribution >= 0.6 is 0 Å². The van der Waals surface area contributed by atoms with E-state index in [-0.39, 0.29) is 17.8 Å². The molecule has 6 nitrogen and oxygen atoms in total. The van der Waals surface area contributed by atoms with Gasteiger partial charge in [0.1, 0.15) is 11.6 Å². The van der Waals surface area contributed by atoms with Crippen molar-refractivity contribution in [3.8, 4) is 0 Å². The highest BCUT2D eigenvalue weighted by Gasteiger charge is 2.59. The second-order valence-corrected chi connectivity index (χ2v) is 7.04. The van der Waals surface area contributed by atoms with E-state index in [1.807, 2.05) is 37.3 Å². The highest BCUT2D eigenvalue weighted by atomic mass is 16.2. The molecule has 0 N–H and O–H groups in total. The van der Waals surface area contributed by atoms with Crippen LogP contribution in [-0.2, 0) is 16.1 Å². The Labute approximate surface area is 141 Å². The number of hydrogen-bond acceptors (Lipinski definition) is 3. The Morgan fingerprint density at radius 3 is 2.58 bits per heavy atom. The summed E-state index contributed by atoms with van der Waals surface area (Å²) in [7, 11) is 0. The molecular weight excluding hydrogens is 306 g/mol. The number of imide groups is 1. The molecule has 3 fully saturated rings. The Morgan fingerprint density at radius 1 is 1.12 bits per heavy atom. The molecule has 3 aliphatic rings. The summed E-state index contributed by atoms with van der Waals surface area (Å²) in [5, 5.41) is 0. The Bertz CT molecular complexity index is 705. The summed E-state index contributed by atoms with van der Waals surface area (Å²) in [6.45, 7) is 3.52. The minimum Gasteiger partial charge on any atom is -0.336 e. The monoisotopic (exact) mass is 327 g/mol. The molecule has 3 saturated heterocycles. The van der Waals surface area contributed by atoms with E-state index in [1.54, 1.807) is 9.80 Å². The molecule has 3 aliphatic heterocycles. The number of urea groups is 1. The summed E-state index contributed by atoms with van der Waals surface area (Å²) in [5.74, 6) is -0.324. The zero-order chi connectivity index (χ0) is 16.9. The third kappa shape index (κ3) is 2.05. The highest BCUT2D eigenvalue weighted by molar-refractivity contribution is 6.10. The van der Waals surface area contributed by atoms with Crippen LogP contribution in [0.5, 0.6) is 0 Å². The molecule has 0 aliphatic carbocycles. The molecule has 1 aromatic rings. The minimum atomic E-state index is -0.746. The number of carbonyl (C=O) groups is 3. The molecule has 0 bridgehead atoms. The van der Waals surface area contributed by atoms with E-state index in [1.165, 1.54) is 4.90 Å². The second kappa shape index (κ2) is 5.33. The molecule has 0 aromatic heterocycles. The molecule has 3 heterocycles. The number of fused-ring (bicyclic) bond motifs is 1. The smallest absolute Gasteiger partial charge is 0.328 e. The van der Waals surface area contributed by atoms with Crippen LogP contribution in [0.4, 0.5) is 4.79 Å². The van der Waals surface area contributed by atoms with Crippen molar-refractivity contribution in [3.63, 3.8) is 0 Å². The van der Waals surface area contributed by atoms with Gasteiger partial charge in [0.05, 0.1) is 0 Å². The fraction of sp³-hybridized carbons (Fsp3) is 0.500. The van der Waals surface area contributed by atoms with Gasteiger partial charge in [-0.3, -0.25) is 9.59 Å². The first-order valence-electron chi connectivity index (χ1n) is 8.50. The lowest BCUT2D eigenvalue weighted by Gasteiger charge is -2.23. The summed E-state index contributed by atoms with van der Waals surface area (Å²) in [5.41, 5.74) is 0.308. The lowest BCUT2D eigenvalue weighted by Crippen LogP contribution is -2.47. The van der Waals surface area contributed by atoms with Gasteiger partial charge in [-0.25, -0.2) is 9.69 Å². The first-order chi connectivity index (χ1) is 11.5. The van der Waals surface area contributed by atoms with Gasteiger partial charge in [-0.1, -0.05) is 30.3 Å². The van der Waals surface area contributed by atoms with Crippen LogP contribution in [0, 0.1) is 0 Å². The molecule has 0 spiro atoms. The van der Waals surface area contributed by atoms with Crippen molar-refractivity contribution in [2.75, 3.05) is 13.1 Å². The summed E-state index contributed by atoms with van der Waals surface area (Å²) in [4.78, 5) is 42.9. The van der Waals surface area contributed by atoms with Gasteiger partial charge in [-0.2, -0.15) is 0 Å². The average Bonchev–Trinajstić information content (AvgIpc) is 3.18. The lowest BCUT2D eigenvalue weighted by molar-refractivity contribution is -0.140. The maximum atomic E-state index is 12.8. The van der Waals surface area contributed by atoms with Crippen LogP contribution in [0.3, 0.4) is 0 Å². The third-order valence-corrected chi connectivity index (χ3v) is 5.55. The minimum absolute atomic E-state index is 0.120. The Balaban J connectivity index is 1.53. The topological polar surface area (TPSA) is 60.9 Å². The molecule has 24 heavy (non-hydrogen) atoms. The zero-order valence-electron chi connectivity index (χ0n) is 13.8. The largest absolute Gasteiger partial charge is 0.336 e. The summed E-state index contributed by atoms with van der Waals surface area (Å²) in [6, 6.07) is 8.84. The van der Waals surface area contributed by atoms with Crippen LogP contribution in [0.1, 0.15) is 31.7 Å². The molecule has 0 radical (unpaired) electrons. The quantitative estimate of drug-likeness (QED) is 0.792. The summed E-state index contributed by atoms with van der Waals surface area (Å²) >= 11 is 0. The molecule has 4 amide bonds. The van der Waals surface area contributed by atoms with E-state index in [2.05, 4.69) is 0 Å². The standard InChI is InChI=1S/C18H21N3O3/c1-18-9-5-10-20(18)17(24)21(16(18)23)14-8-11-19(15(14)22)12-13-6-3-2-4-7-13/h2-4,6-7,14H,5,8-12H2,1H3/t14?,18-/m0/s1. The maximum Gasteiger partial charge on any atom is 0.328 e. The lowest BCUT2D eigenvalue weighted by atomic mass is 9.99. The van der Waals surface area contributed by atoms with Crippen molar-refractivity contribution in [2.45, 2.75) is 44.3 Å². The number of carbonyl (C=O) groups excluding carboxylic acids is 3. The van der Waals surface area contributed by atoms with E-state index in [4.69, 9.17) is 0 Å². The van der Waals surface area contributed by atoms with Crippen LogP contribution < -0.4 is 0 Å². The predicted octanol–water partition coefficient (Wildman–Crippen LogP) is 1.60. The van der Waals surface area contributed by atoms with E-state index >= 15 is 0 Å². The van der Waals surface area contributed by atoms with E-state index in [0.29, 0.717) is 32.5 Å². The predicted molar refractivity (Wildman–Crippen MR) is 86.9 cm³/mol. The summed E-state index contributed by atoms with van der Waals surface area (Å²) in [6.07, 6.45) is 2.05. The van der Waals surface area contributed by atoms with Gasteiger partial charge in [-0.15, -0.1) is 0 Å². The molecule has 1 aromatic carbocycles. The number of rotatable bonds is 3. The van der Waals surface area contributed by atoms with Crippen molar-refractivity contribution < 1.29 is 14.4 Å². The van der Waals surface area contributed by atoms with Crippen molar-refractivity contribution in [1.29, 1.82) is 0 Å². The van der Waals surface area contributed by atoms with E-state index in [0.717, 1.165) is 12.0 Å². The molecule has 126 valence electrons. The van der Waals surface area contributed by atoms with Gasteiger partial charge >= 0.3 is 6.03 Å². The van der Waals surface area contributed by atoms with Gasteiger partial charge in [0, 0.05) is 19.6 Å². The van der Waals surface area contributed by atoms with Gasteiger partial charge in [0.25, 0.3) is 5.91 Å². The first kappa shape index (κ1) is 15.2. The van der Waals surface area contributed by atoms with Crippen LogP contribution in [0.2, 0.25) is 0 Å². The molecule has 1 unspecified atom stereocenters. The second-order valence-electron chi connectivity index (χ2n) is 7.04. The van der Waals surface area contributed by atoms with Crippen molar-refractivity contribution in [3.05, 3.63) is 35.9 Å². The number of hydrogen-bond donors (Lipinski definition) is 0. The molecule has 6 heteroatoms. The Kier molecular flexibility index (Phi) is 3.37. The Morgan fingerprint density at radius 2 is 1.88 bits per heavy atom. The first-order valence-corrected chi connectivity index (χ1v) is 8.50. The SMILES string of the molecule is C[C@@]12CCCN1C(=O)N(C1CCN(Cc3ccccc3)C1=O)C2=O. The normalized spacial score (nSPS) is 29.8. The summed E-state index contributed by atoms with van der Waals surface area (Å²) < 4.78 is 0. The average molecular weight is 327 g/mol. The number of nitrogens with zero attached hydrogens (tertiary/aromatic N) is 3. The maximum absolute atomic E-state index is 12.8. The number of benzene rings is 1. The third-order valence-electron chi connectivity index (χ3n) is 5.55. The Hall–Kier alpha value is -2.37. The van der Waals surface area contributed by atoms with Crippen LogP contribution in [0.25, 0.3) is 0 Å². The van der Waals surface area contributed by atoms with Gasteiger partial charge in [0.15, 0.2) is 0 Å². The zero-order valence-corrected chi connectivity index (χ0v) is 13.8. The van der Waals surface area contributed by atoms with Gasteiger partial charge in [0.2, 0.25) is 5.91 Å².